The number of nitrogens with zero attached hydrogens (tertiary/aromatic N) is 3. The van der Waals surface area contributed by atoms with Crippen molar-refractivity contribution in [2.24, 2.45) is 5.10 Å². The van der Waals surface area contributed by atoms with Gasteiger partial charge < -0.3 is 5.32 Å². The predicted molar refractivity (Wildman–Crippen MR) is 85.5 cm³/mol. The van der Waals surface area contributed by atoms with E-state index < -0.39 is 6.17 Å². The minimum atomic E-state index is -0.416. The molecule has 1 saturated heterocycles. The van der Waals surface area contributed by atoms with Crippen LogP contribution in [-0.2, 0) is 0 Å². The van der Waals surface area contributed by atoms with Crippen molar-refractivity contribution in [2.75, 3.05) is 0 Å². The fourth-order valence-corrected chi connectivity index (χ4v) is 2.25. The summed E-state index contributed by atoms with van der Waals surface area (Å²) in [6.07, 6.45) is 2.51. The van der Waals surface area contributed by atoms with Crippen LogP contribution in [0.4, 0.5) is 9.59 Å². The van der Waals surface area contributed by atoms with Crippen LogP contribution in [0, 0.1) is 0 Å². The molecule has 6 heteroatoms. The largest absolute Gasteiger partial charge is 0.350 e. The monoisotopic (exact) mass is 302 g/mol. The van der Waals surface area contributed by atoms with Crippen LogP contribution in [0.25, 0.3) is 0 Å². The van der Waals surface area contributed by atoms with E-state index in [1.807, 2.05) is 51.1 Å². The van der Waals surface area contributed by atoms with Gasteiger partial charge >= 0.3 is 12.1 Å². The summed E-state index contributed by atoms with van der Waals surface area (Å²) in [6, 6.07) is 8.65. The van der Waals surface area contributed by atoms with Crippen LogP contribution in [0.5, 0.6) is 0 Å². The average molecular weight is 302 g/mol. The van der Waals surface area contributed by atoms with Crippen molar-refractivity contribution in [3.63, 3.8) is 0 Å². The van der Waals surface area contributed by atoms with Gasteiger partial charge in [0, 0.05) is 6.04 Å². The molecule has 1 aromatic carbocycles. The molecule has 1 N–H and O–H groups in total. The first-order chi connectivity index (χ1) is 10.6. The van der Waals surface area contributed by atoms with Crippen molar-refractivity contribution in [3.05, 3.63) is 35.9 Å². The van der Waals surface area contributed by atoms with E-state index >= 15 is 0 Å². The topological polar surface area (TPSA) is 65.0 Å². The molecule has 1 heterocycles. The average Bonchev–Trinajstić information content (AvgIpc) is 2.54. The molecule has 2 unspecified atom stereocenters. The summed E-state index contributed by atoms with van der Waals surface area (Å²) in [6.45, 7) is 5.69. The van der Waals surface area contributed by atoms with E-state index in [1.54, 1.807) is 6.21 Å². The van der Waals surface area contributed by atoms with Crippen molar-refractivity contribution in [2.45, 2.75) is 45.8 Å². The molecule has 1 fully saturated rings. The molecular formula is C16H22N4O2. The number of carbonyl (C=O) groups is 2. The van der Waals surface area contributed by atoms with Crippen LogP contribution >= 0.6 is 0 Å². The van der Waals surface area contributed by atoms with E-state index in [0.717, 1.165) is 5.56 Å². The first kappa shape index (κ1) is 16.0. The summed E-state index contributed by atoms with van der Waals surface area (Å²) < 4.78 is 0. The normalized spacial score (nSPS) is 20.4. The van der Waals surface area contributed by atoms with Gasteiger partial charge in [-0.1, -0.05) is 44.2 Å². The van der Waals surface area contributed by atoms with Gasteiger partial charge in [-0.2, -0.15) is 10.1 Å². The second-order valence-corrected chi connectivity index (χ2v) is 5.28. The fraction of sp³-hybridized carbons (Fsp3) is 0.438. The Hall–Kier alpha value is -2.37. The molecule has 6 nitrogen and oxygen atoms in total. The zero-order valence-electron chi connectivity index (χ0n) is 13.2. The molecule has 0 bridgehead atoms. The lowest BCUT2D eigenvalue weighted by atomic mass is 10.2. The van der Waals surface area contributed by atoms with Gasteiger partial charge in [0.2, 0.25) is 0 Å². The highest BCUT2D eigenvalue weighted by atomic mass is 16.2. The maximum atomic E-state index is 12.6. The van der Waals surface area contributed by atoms with Crippen LogP contribution in [0.2, 0.25) is 0 Å². The Morgan fingerprint density at radius 1 is 1.27 bits per heavy atom. The molecule has 1 aliphatic heterocycles. The molecule has 2 rings (SSSR count). The highest BCUT2D eigenvalue weighted by Crippen LogP contribution is 2.17. The standard InChI is InChI=1S/C16H22N4O2/c1-4-12(3)19-15(21)18-14(5-2)20(16(19)22)17-11-13-9-7-6-8-10-13/h6-12,14H,4-5H2,1-3H3,(H,18,21). The molecule has 0 radical (unpaired) electrons. The Balaban J connectivity index is 2.24. The number of amides is 4. The van der Waals surface area contributed by atoms with Gasteiger partial charge in [0.05, 0.1) is 6.21 Å². The first-order valence-electron chi connectivity index (χ1n) is 7.60. The first-order valence-corrected chi connectivity index (χ1v) is 7.60. The third-order valence-corrected chi connectivity index (χ3v) is 3.76. The van der Waals surface area contributed by atoms with Crippen LogP contribution in [0.3, 0.4) is 0 Å². The molecular weight excluding hydrogens is 280 g/mol. The third-order valence-electron chi connectivity index (χ3n) is 3.76. The highest BCUT2D eigenvalue weighted by molar-refractivity contribution is 5.97. The van der Waals surface area contributed by atoms with Gasteiger partial charge in [0.1, 0.15) is 6.17 Å². The summed E-state index contributed by atoms with van der Waals surface area (Å²) in [4.78, 5) is 25.9. The molecule has 0 aliphatic carbocycles. The number of imide groups is 1. The van der Waals surface area contributed by atoms with Crippen LogP contribution in [0.1, 0.15) is 39.2 Å². The second kappa shape index (κ2) is 7.06. The summed E-state index contributed by atoms with van der Waals surface area (Å²) in [7, 11) is 0. The van der Waals surface area contributed by atoms with E-state index in [9.17, 15) is 9.59 Å². The van der Waals surface area contributed by atoms with Gasteiger partial charge in [-0.25, -0.2) is 14.5 Å². The van der Waals surface area contributed by atoms with Crippen molar-refractivity contribution in [1.82, 2.24) is 15.2 Å². The predicted octanol–water partition coefficient (Wildman–Crippen LogP) is 3.00. The van der Waals surface area contributed by atoms with E-state index in [2.05, 4.69) is 10.4 Å². The molecule has 4 amide bonds. The molecule has 0 aromatic heterocycles. The maximum Gasteiger partial charge on any atom is 0.350 e. The smallest absolute Gasteiger partial charge is 0.315 e. The lowest BCUT2D eigenvalue weighted by Gasteiger charge is -2.39. The zero-order valence-corrected chi connectivity index (χ0v) is 13.2. The SMILES string of the molecule is CCC1NC(=O)N(C(C)CC)C(=O)N1N=Cc1ccccc1. The van der Waals surface area contributed by atoms with E-state index in [1.165, 1.54) is 9.91 Å². The number of hydrogen-bond acceptors (Lipinski definition) is 3. The minimum absolute atomic E-state index is 0.167. The lowest BCUT2D eigenvalue weighted by Crippen LogP contribution is -2.64. The number of benzene rings is 1. The second-order valence-electron chi connectivity index (χ2n) is 5.28. The van der Waals surface area contributed by atoms with E-state index in [-0.39, 0.29) is 18.1 Å². The van der Waals surface area contributed by atoms with Crippen LogP contribution in [0.15, 0.2) is 35.4 Å². The van der Waals surface area contributed by atoms with Crippen LogP contribution < -0.4 is 5.32 Å². The summed E-state index contributed by atoms with van der Waals surface area (Å²) >= 11 is 0. The van der Waals surface area contributed by atoms with Crippen LogP contribution in [-0.4, -0.2) is 40.4 Å². The molecule has 1 aromatic rings. The van der Waals surface area contributed by atoms with Crippen molar-refractivity contribution in [3.8, 4) is 0 Å². The Bertz CT molecular complexity index is 559. The number of hydrogen-bond donors (Lipinski definition) is 1. The van der Waals surface area contributed by atoms with E-state index in [4.69, 9.17) is 0 Å². The Labute approximate surface area is 130 Å². The molecule has 0 saturated carbocycles. The Kier molecular flexibility index (Phi) is 5.14. The van der Waals surface area contributed by atoms with Crippen molar-refractivity contribution < 1.29 is 9.59 Å². The van der Waals surface area contributed by atoms with Crippen molar-refractivity contribution in [1.29, 1.82) is 0 Å². The summed E-state index contributed by atoms with van der Waals surface area (Å²) in [5.74, 6) is 0. The number of carbonyl (C=O) groups excluding carboxylic acids is 2. The van der Waals surface area contributed by atoms with Gasteiger partial charge in [-0.15, -0.1) is 0 Å². The Morgan fingerprint density at radius 3 is 2.55 bits per heavy atom. The molecule has 0 spiro atoms. The highest BCUT2D eigenvalue weighted by Gasteiger charge is 2.39. The molecule has 118 valence electrons. The zero-order chi connectivity index (χ0) is 16.1. The number of urea groups is 2. The summed E-state index contributed by atoms with van der Waals surface area (Å²) in [5.41, 5.74) is 0.900. The lowest BCUT2D eigenvalue weighted by molar-refractivity contribution is 0.0909. The molecule has 2 atom stereocenters. The van der Waals surface area contributed by atoms with E-state index in [0.29, 0.717) is 12.8 Å². The van der Waals surface area contributed by atoms with Gasteiger partial charge in [-0.3, -0.25) is 0 Å². The van der Waals surface area contributed by atoms with Gasteiger partial charge in [0.25, 0.3) is 0 Å². The number of hydrazone groups is 1. The van der Waals surface area contributed by atoms with Crippen molar-refractivity contribution >= 4 is 18.3 Å². The number of nitrogens with one attached hydrogen (secondary N) is 1. The quantitative estimate of drug-likeness (QED) is 0.850. The third kappa shape index (κ3) is 3.27. The number of rotatable bonds is 5. The molecule has 1 aliphatic rings. The Morgan fingerprint density at radius 2 is 1.95 bits per heavy atom. The van der Waals surface area contributed by atoms with Gasteiger partial charge in [-0.05, 0) is 25.3 Å². The fourth-order valence-electron chi connectivity index (χ4n) is 2.25. The maximum absolute atomic E-state index is 12.6. The summed E-state index contributed by atoms with van der Waals surface area (Å²) in [5, 5.41) is 8.46. The van der Waals surface area contributed by atoms with Gasteiger partial charge in [0.15, 0.2) is 0 Å². The minimum Gasteiger partial charge on any atom is -0.315 e. The molecule has 22 heavy (non-hydrogen) atoms.